The van der Waals surface area contributed by atoms with Crippen LogP contribution in [-0.4, -0.2) is 54.2 Å². The van der Waals surface area contributed by atoms with Gasteiger partial charge in [0, 0.05) is 56.5 Å². The first-order valence-corrected chi connectivity index (χ1v) is 12.5. The van der Waals surface area contributed by atoms with Gasteiger partial charge in [-0.1, -0.05) is 12.8 Å². The molecule has 0 bridgehead atoms. The highest BCUT2D eigenvalue weighted by atomic mass is 32.2. The van der Waals surface area contributed by atoms with E-state index in [2.05, 4.69) is 21.8 Å². The van der Waals surface area contributed by atoms with Crippen molar-refractivity contribution in [3.05, 3.63) is 17.1 Å². The number of hydrogen-bond acceptors (Lipinski definition) is 7. The Hall–Kier alpha value is -0.890. The van der Waals surface area contributed by atoms with Gasteiger partial charge < -0.3 is 21.3 Å². The number of fused-ring (bicyclic) bond motifs is 1. The molecule has 0 aromatic carbocycles. The third-order valence-electron chi connectivity index (χ3n) is 6.64. The molecule has 1 aliphatic carbocycles. The van der Waals surface area contributed by atoms with Crippen LogP contribution in [0.5, 0.6) is 0 Å². The molecule has 3 aliphatic rings. The molecule has 2 atom stereocenters. The molecule has 4 rings (SSSR count). The van der Waals surface area contributed by atoms with Gasteiger partial charge in [-0.05, 0) is 38.4 Å². The largest absolute Gasteiger partial charge is 0.356 e. The smallest absolute Gasteiger partial charge is 0.152 e. The molecule has 0 spiro atoms. The first-order chi connectivity index (χ1) is 13.7. The molecule has 28 heavy (non-hydrogen) atoms. The van der Waals surface area contributed by atoms with Crippen molar-refractivity contribution in [1.29, 1.82) is 0 Å². The van der Waals surface area contributed by atoms with Crippen LogP contribution >= 0.6 is 11.8 Å². The molecular weight excluding hydrogens is 368 g/mol. The summed E-state index contributed by atoms with van der Waals surface area (Å²) in [5, 5.41) is 7.23. The molecular formula is C21H36N6S. The van der Waals surface area contributed by atoms with Gasteiger partial charge in [0.1, 0.15) is 5.82 Å². The second-order valence-corrected chi connectivity index (χ2v) is 9.54. The standard InChI is InChI=1S/C21H36N6S/c1-28-14-11-24-18-7-6-9-21(18,22)20-25-17-8-10-23-15-16(17)19(26-20)27-12-4-2-3-5-13-27/h18,23-24H,2-15,22H2,1H3. The van der Waals surface area contributed by atoms with Crippen LogP contribution < -0.4 is 21.3 Å². The highest BCUT2D eigenvalue weighted by Gasteiger charge is 2.44. The molecule has 0 amide bonds. The van der Waals surface area contributed by atoms with Crippen molar-refractivity contribution in [3.63, 3.8) is 0 Å². The Morgan fingerprint density at radius 2 is 2.04 bits per heavy atom. The van der Waals surface area contributed by atoms with Gasteiger partial charge in [-0.2, -0.15) is 11.8 Å². The Morgan fingerprint density at radius 1 is 1.21 bits per heavy atom. The predicted molar refractivity (Wildman–Crippen MR) is 118 cm³/mol. The van der Waals surface area contributed by atoms with Crippen molar-refractivity contribution in [2.75, 3.05) is 43.1 Å². The summed E-state index contributed by atoms with van der Waals surface area (Å²) in [6.45, 7) is 5.09. The van der Waals surface area contributed by atoms with Crippen molar-refractivity contribution < 1.29 is 0 Å². The Labute approximate surface area is 173 Å². The van der Waals surface area contributed by atoms with Crippen molar-refractivity contribution >= 4 is 17.6 Å². The van der Waals surface area contributed by atoms with E-state index in [0.717, 1.165) is 75.8 Å². The molecule has 2 fully saturated rings. The van der Waals surface area contributed by atoms with Gasteiger partial charge in [-0.25, -0.2) is 9.97 Å². The fraction of sp³-hybridized carbons (Fsp3) is 0.810. The van der Waals surface area contributed by atoms with E-state index in [1.54, 1.807) is 0 Å². The molecule has 6 nitrogen and oxygen atoms in total. The lowest BCUT2D eigenvalue weighted by Gasteiger charge is -2.34. The van der Waals surface area contributed by atoms with E-state index in [0.29, 0.717) is 0 Å². The van der Waals surface area contributed by atoms with Crippen LogP contribution in [0.15, 0.2) is 0 Å². The number of nitrogens with one attached hydrogen (secondary N) is 2. The van der Waals surface area contributed by atoms with E-state index in [9.17, 15) is 0 Å². The molecule has 1 saturated carbocycles. The number of anilines is 1. The number of thioether (sulfide) groups is 1. The normalized spacial score (nSPS) is 28.2. The van der Waals surface area contributed by atoms with Gasteiger partial charge in [0.15, 0.2) is 5.82 Å². The van der Waals surface area contributed by atoms with Crippen LogP contribution in [0.1, 0.15) is 62.0 Å². The van der Waals surface area contributed by atoms with E-state index in [1.165, 1.54) is 36.9 Å². The fourth-order valence-electron chi connectivity index (χ4n) is 4.99. The van der Waals surface area contributed by atoms with E-state index in [1.807, 2.05) is 11.8 Å². The maximum absolute atomic E-state index is 7.04. The van der Waals surface area contributed by atoms with Crippen molar-refractivity contribution in [2.45, 2.75) is 69.5 Å². The minimum Gasteiger partial charge on any atom is -0.356 e. The molecule has 0 radical (unpaired) electrons. The first kappa shape index (κ1) is 20.4. The van der Waals surface area contributed by atoms with Crippen molar-refractivity contribution in [3.8, 4) is 0 Å². The Morgan fingerprint density at radius 3 is 2.82 bits per heavy atom. The highest BCUT2D eigenvalue weighted by molar-refractivity contribution is 7.98. The van der Waals surface area contributed by atoms with Gasteiger partial charge >= 0.3 is 0 Å². The second-order valence-electron chi connectivity index (χ2n) is 8.56. The van der Waals surface area contributed by atoms with E-state index in [4.69, 9.17) is 15.7 Å². The molecule has 156 valence electrons. The topological polar surface area (TPSA) is 79.1 Å². The zero-order chi connectivity index (χ0) is 19.4. The lowest BCUT2D eigenvalue weighted by Crippen LogP contribution is -2.53. The monoisotopic (exact) mass is 404 g/mol. The molecule has 1 aromatic rings. The minimum absolute atomic E-state index is 0.274. The van der Waals surface area contributed by atoms with E-state index in [-0.39, 0.29) is 6.04 Å². The summed E-state index contributed by atoms with van der Waals surface area (Å²) in [5.74, 6) is 3.16. The van der Waals surface area contributed by atoms with Gasteiger partial charge in [0.05, 0.1) is 11.2 Å². The predicted octanol–water partition coefficient (Wildman–Crippen LogP) is 2.16. The summed E-state index contributed by atoms with van der Waals surface area (Å²) in [6.07, 6.45) is 11.5. The van der Waals surface area contributed by atoms with E-state index >= 15 is 0 Å². The SMILES string of the molecule is CSCCNC1CCCC1(N)c1nc2c(c(N3CCCCCC3)n1)CNCC2. The summed E-state index contributed by atoms with van der Waals surface area (Å²) in [6, 6.07) is 0.274. The van der Waals surface area contributed by atoms with Crippen LogP contribution in [0.4, 0.5) is 5.82 Å². The summed E-state index contributed by atoms with van der Waals surface area (Å²) < 4.78 is 0. The highest BCUT2D eigenvalue weighted by Crippen LogP contribution is 2.37. The maximum atomic E-state index is 7.04. The molecule has 2 unspecified atom stereocenters. The number of nitrogens with zero attached hydrogens (tertiary/aromatic N) is 3. The maximum Gasteiger partial charge on any atom is 0.152 e. The third kappa shape index (κ3) is 4.18. The summed E-state index contributed by atoms with van der Waals surface area (Å²) in [4.78, 5) is 12.8. The molecule has 3 heterocycles. The fourth-order valence-corrected chi connectivity index (χ4v) is 5.32. The van der Waals surface area contributed by atoms with Gasteiger partial charge in [-0.15, -0.1) is 0 Å². The molecule has 4 N–H and O–H groups in total. The van der Waals surface area contributed by atoms with E-state index < -0.39 is 5.54 Å². The van der Waals surface area contributed by atoms with Crippen LogP contribution in [-0.2, 0) is 18.5 Å². The number of aromatic nitrogens is 2. The van der Waals surface area contributed by atoms with Gasteiger partial charge in [-0.3, -0.25) is 0 Å². The number of rotatable bonds is 6. The van der Waals surface area contributed by atoms with Crippen molar-refractivity contribution in [2.24, 2.45) is 5.73 Å². The Balaban J connectivity index is 1.67. The average Bonchev–Trinajstić information content (AvgIpc) is 2.93. The van der Waals surface area contributed by atoms with Crippen LogP contribution in [0, 0.1) is 0 Å². The van der Waals surface area contributed by atoms with Crippen LogP contribution in [0.2, 0.25) is 0 Å². The third-order valence-corrected chi connectivity index (χ3v) is 7.25. The lowest BCUT2D eigenvalue weighted by atomic mass is 9.92. The van der Waals surface area contributed by atoms with Crippen LogP contribution in [0.3, 0.4) is 0 Å². The summed E-state index contributed by atoms with van der Waals surface area (Å²) >= 11 is 1.87. The zero-order valence-corrected chi connectivity index (χ0v) is 18.1. The molecule has 7 heteroatoms. The molecule has 2 aliphatic heterocycles. The minimum atomic E-state index is -0.446. The zero-order valence-electron chi connectivity index (χ0n) is 17.3. The summed E-state index contributed by atoms with van der Waals surface area (Å²) in [7, 11) is 0. The Bertz CT molecular complexity index is 661. The average molecular weight is 405 g/mol. The molecule has 1 aromatic heterocycles. The molecule has 1 saturated heterocycles. The van der Waals surface area contributed by atoms with Gasteiger partial charge in [0.2, 0.25) is 0 Å². The number of nitrogens with two attached hydrogens (primary N) is 1. The van der Waals surface area contributed by atoms with Crippen molar-refractivity contribution in [1.82, 2.24) is 20.6 Å². The van der Waals surface area contributed by atoms with Crippen LogP contribution in [0.25, 0.3) is 0 Å². The summed E-state index contributed by atoms with van der Waals surface area (Å²) in [5.41, 5.74) is 9.13. The Kier molecular flexibility index (Phi) is 6.76. The quantitative estimate of drug-likeness (QED) is 0.627. The number of hydrogen-bond donors (Lipinski definition) is 3. The second kappa shape index (κ2) is 9.28. The lowest BCUT2D eigenvalue weighted by molar-refractivity contribution is 0.330. The first-order valence-electron chi connectivity index (χ1n) is 11.1. The van der Waals surface area contributed by atoms with Gasteiger partial charge in [0.25, 0.3) is 0 Å².